The fourth-order valence-corrected chi connectivity index (χ4v) is 4.32. The summed E-state index contributed by atoms with van der Waals surface area (Å²) in [7, 11) is 0. The van der Waals surface area contributed by atoms with Crippen LogP contribution in [0.4, 0.5) is 0 Å². The van der Waals surface area contributed by atoms with Crippen LogP contribution in [0, 0.1) is 6.92 Å². The maximum atomic E-state index is 13.9. The van der Waals surface area contributed by atoms with E-state index in [4.69, 9.17) is 4.74 Å². The van der Waals surface area contributed by atoms with Crippen molar-refractivity contribution >= 4 is 11.8 Å². The zero-order valence-corrected chi connectivity index (χ0v) is 23.7. The summed E-state index contributed by atoms with van der Waals surface area (Å²) in [5, 5.41) is 3.11. The van der Waals surface area contributed by atoms with Crippen LogP contribution in [0.2, 0.25) is 0 Å². The molecule has 0 saturated heterocycles. The number of carbonyl (C=O) groups excluding carboxylic acids is 2. The number of rotatable bonds is 11. The standard InChI is InChI=1S/C33H42N2O3/c1-7-25(3)34-32(37)29(21-26-13-9-8-10-14-26)35(22-27-19-17-24(2)18-20-27)31(36)23-38-30-16-12-11-15-28(30)33(4,5)6/h8-20,25,29H,7,21-23H2,1-6H3,(H,34,37)/t25-,29+/m1/s1. The Kier molecular flexibility index (Phi) is 10.1. The zero-order valence-electron chi connectivity index (χ0n) is 23.7. The second kappa shape index (κ2) is 13.3. The van der Waals surface area contributed by atoms with E-state index in [9.17, 15) is 9.59 Å². The number of hydrogen-bond donors (Lipinski definition) is 1. The topological polar surface area (TPSA) is 58.6 Å². The highest BCUT2D eigenvalue weighted by Crippen LogP contribution is 2.31. The van der Waals surface area contributed by atoms with Crippen molar-refractivity contribution in [2.75, 3.05) is 6.61 Å². The summed E-state index contributed by atoms with van der Waals surface area (Å²) in [6, 6.07) is 25.1. The summed E-state index contributed by atoms with van der Waals surface area (Å²) in [6.45, 7) is 12.6. The summed E-state index contributed by atoms with van der Waals surface area (Å²) in [5.74, 6) is 0.306. The largest absolute Gasteiger partial charge is 0.483 e. The van der Waals surface area contributed by atoms with Crippen LogP contribution in [0.5, 0.6) is 5.75 Å². The molecular weight excluding hydrogens is 472 g/mol. The molecule has 202 valence electrons. The van der Waals surface area contributed by atoms with E-state index in [1.165, 1.54) is 0 Å². The Morgan fingerprint density at radius 1 is 0.895 bits per heavy atom. The molecule has 2 atom stereocenters. The lowest BCUT2D eigenvalue weighted by Crippen LogP contribution is -2.53. The number of amides is 2. The van der Waals surface area contributed by atoms with Crippen LogP contribution in [-0.4, -0.2) is 35.4 Å². The summed E-state index contributed by atoms with van der Waals surface area (Å²) >= 11 is 0. The van der Waals surface area contributed by atoms with Gasteiger partial charge in [0.1, 0.15) is 11.8 Å². The molecule has 5 heteroatoms. The van der Waals surface area contributed by atoms with E-state index in [2.05, 4.69) is 26.1 Å². The van der Waals surface area contributed by atoms with Crippen LogP contribution in [-0.2, 0) is 28.0 Å². The predicted octanol–water partition coefficient (Wildman–Crippen LogP) is 6.23. The van der Waals surface area contributed by atoms with Gasteiger partial charge in [0.05, 0.1) is 0 Å². The highest BCUT2D eigenvalue weighted by molar-refractivity contribution is 5.88. The fraction of sp³-hybridized carbons (Fsp3) is 0.394. The smallest absolute Gasteiger partial charge is 0.261 e. The molecule has 1 N–H and O–H groups in total. The van der Waals surface area contributed by atoms with Crippen LogP contribution in [0.15, 0.2) is 78.9 Å². The van der Waals surface area contributed by atoms with E-state index in [0.717, 1.165) is 28.7 Å². The van der Waals surface area contributed by atoms with Gasteiger partial charge in [-0.15, -0.1) is 0 Å². The van der Waals surface area contributed by atoms with Crippen LogP contribution in [0.1, 0.15) is 63.3 Å². The summed E-state index contributed by atoms with van der Waals surface area (Å²) in [5.41, 5.74) is 4.01. The molecule has 2 amide bonds. The number of benzene rings is 3. The van der Waals surface area contributed by atoms with Gasteiger partial charge in [0.15, 0.2) is 6.61 Å². The van der Waals surface area contributed by atoms with Gasteiger partial charge in [-0.2, -0.15) is 0 Å². The number of aryl methyl sites for hydroxylation is 1. The van der Waals surface area contributed by atoms with E-state index >= 15 is 0 Å². The van der Waals surface area contributed by atoms with Crippen LogP contribution >= 0.6 is 0 Å². The van der Waals surface area contributed by atoms with E-state index in [-0.39, 0.29) is 29.9 Å². The Morgan fingerprint density at radius 3 is 2.16 bits per heavy atom. The van der Waals surface area contributed by atoms with Crippen molar-refractivity contribution in [3.8, 4) is 5.75 Å². The molecule has 3 aromatic carbocycles. The van der Waals surface area contributed by atoms with Gasteiger partial charge in [-0.3, -0.25) is 9.59 Å². The lowest BCUT2D eigenvalue weighted by Gasteiger charge is -2.32. The average molecular weight is 515 g/mol. The molecule has 0 heterocycles. The molecule has 0 aliphatic heterocycles. The average Bonchev–Trinajstić information content (AvgIpc) is 2.90. The first kappa shape index (κ1) is 29.0. The van der Waals surface area contributed by atoms with Crippen LogP contribution in [0.25, 0.3) is 0 Å². The van der Waals surface area contributed by atoms with E-state index in [1.807, 2.05) is 99.6 Å². The lowest BCUT2D eigenvalue weighted by molar-refractivity contribution is -0.143. The van der Waals surface area contributed by atoms with E-state index in [1.54, 1.807) is 4.90 Å². The fourth-order valence-electron chi connectivity index (χ4n) is 4.32. The first-order valence-electron chi connectivity index (χ1n) is 13.5. The van der Waals surface area contributed by atoms with Crippen molar-refractivity contribution in [2.45, 2.75) is 78.4 Å². The lowest BCUT2D eigenvalue weighted by atomic mass is 9.86. The van der Waals surface area contributed by atoms with Gasteiger partial charge in [0, 0.05) is 19.0 Å². The first-order chi connectivity index (χ1) is 18.1. The number of hydrogen-bond acceptors (Lipinski definition) is 3. The van der Waals surface area contributed by atoms with Gasteiger partial charge in [-0.05, 0) is 48.4 Å². The Labute approximate surface area is 228 Å². The summed E-state index contributed by atoms with van der Waals surface area (Å²) in [6.07, 6.45) is 1.22. The molecule has 0 aromatic heterocycles. The maximum absolute atomic E-state index is 13.9. The predicted molar refractivity (Wildman–Crippen MR) is 154 cm³/mol. The van der Waals surface area contributed by atoms with Crippen molar-refractivity contribution in [3.05, 3.63) is 101 Å². The number of para-hydroxylation sites is 1. The normalized spacial score (nSPS) is 12.9. The molecule has 0 radical (unpaired) electrons. The van der Waals surface area contributed by atoms with Gasteiger partial charge < -0.3 is 15.0 Å². The van der Waals surface area contributed by atoms with E-state index < -0.39 is 6.04 Å². The molecule has 0 unspecified atom stereocenters. The third-order valence-corrected chi connectivity index (χ3v) is 6.79. The summed E-state index contributed by atoms with van der Waals surface area (Å²) < 4.78 is 6.12. The van der Waals surface area contributed by atoms with Crippen molar-refractivity contribution in [2.24, 2.45) is 0 Å². The molecule has 3 aromatic rings. The second-order valence-electron chi connectivity index (χ2n) is 11.1. The van der Waals surface area contributed by atoms with Crippen molar-refractivity contribution in [3.63, 3.8) is 0 Å². The van der Waals surface area contributed by atoms with Crippen molar-refractivity contribution in [1.29, 1.82) is 0 Å². The van der Waals surface area contributed by atoms with Crippen molar-refractivity contribution in [1.82, 2.24) is 10.2 Å². The summed E-state index contributed by atoms with van der Waals surface area (Å²) in [4.78, 5) is 29.2. The van der Waals surface area contributed by atoms with Gasteiger partial charge in [-0.25, -0.2) is 0 Å². The van der Waals surface area contributed by atoms with Crippen LogP contribution < -0.4 is 10.1 Å². The number of nitrogens with zero attached hydrogens (tertiary/aromatic N) is 1. The Hall–Kier alpha value is -3.60. The molecular formula is C33H42N2O3. The molecule has 0 aliphatic rings. The molecule has 5 nitrogen and oxygen atoms in total. The Balaban J connectivity index is 1.94. The minimum Gasteiger partial charge on any atom is -0.483 e. The number of carbonyl (C=O) groups is 2. The molecule has 0 spiro atoms. The zero-order chi connectivity index (χ0) is 27.7. The monoisotopic (exact) mass is 514 g/mol. The molecule has 0 aliphatic carbocycles. The second-order valence-corrected chi connectivity index (χ2v) is 11.1. The number of ether oxygens (including phenoxy) is 1. The number of nitrogens with one attached hydrogen (secondary N) is 1. The first-order valence-corrected chi connectivity index (χ1v) is 13.5. The van der Waals surface area contributed by atoms with Crippen molar-refractivity contribution < 1.29 is 14.3 Å². The van der Waals surface area contributed by atoms with Gasteiger partial charge in [0.2, 0.25) is 5.91 Å². The Bertz CT molecular complexity index is 1180. The molecule has 0 saturated carbocycles. The van der Waals surface area contributed by atoms with Gasteiger partial charge >= 0.3 is 0 Å². The highest BCUT2D eigenvalue weighted by atomic mass is 16.5. The molecule has 38 heavy (non-hydrogen) atoms. The SMILES string of the molecule is CC[C@@H](C)NC(=O)[C@H](Cc1ccccc1)N(Cc1ccc(C)cc1)C(=O)COc1ccccc1C(C)(C)C. The van der Waals surface area contributed by atoms with E-state index in [0.29, 0.717) is 18.7 Å². The Morgan fingerprint density at radius 2 is 1.53 bits per heavy atom. The van der Waals surface area contributed by atoms with Gasteiger partial charge in [0.25, 0.3) is 5.91 Å². The molecule has 3 rings (SSSR count). The van der Waals surface area contributed by atoms with Gasteiger partial charge in [-0.1, -0.05) is 106 Å². The minimum absolute atomic E-state index is 0.00649. The quantitative estimate of drug-likeness (QED) is 0.330. The minimum atomic E-state index is -0.679. The maximum Gasteiger partial charge on any atom is 0.261 e. The molecule has 0 bridgehead atoms. The third kappa shape index (κ3) is 8.20. The third-order valence-electron chi connectivity index (χ3n) is 6.79. The highest BCUT2D eigenvalue weighted by Gasteiger charge is 2.31. The van der Waals surface area contributed by atoms with Crippen LogP contribution in [0.3, 0.4) is 0 Å². The molecule has 0 fully saturated rings.